The zero-order chi connectivity index (χ0) is 56.2. The Bertz CT molecular complexity index is 3090. The van der Waals surface area contributed by atoms with Crippen molar-refractivity contribution in [1.29, 1.82) is 5.26 Å². The van der Waals surface area contributed by atoms with Crippen molar-refractivity contribution < 1.29 is 36.7 Å². The Hall–Kier alpha value is -7.76. The standard InChI is InChI=1S/C32H33F3N6O2.C28H29ClFN5O2/c33-32(34,35)27-8-5-25(6-9-27)22-40-15-17-41(18-16-40)31(43)26-7-10-29(37-20-26)30(42)38-28-11-13-39(14-12-28)21-24-3-1-23(19-36)2-4-24;29-22-4-8-25(9-5-22)34-13-15-35(16-14-34)28(37)21-3-10-26(31-17-21)27(36)32-24-11-12-33(19-24)18-20-1-6-23(30)7-2-20/h1-10,20,28H,11-18,21-22H2,(H,38,42);1-10,17,24H,11-16,18-19H2,(H,32,36)/t;24-/m.0/s1. The number of carbonyl (C=O) groups is 4. The van der Waals surface area contributed by atoms with Crippen LogP contribution in [0.4, 0.5) is 23.2 Å². The SMILES string of the molecule is N#Cc1ccc(CN2CCC(NC(=O)c3ccc(C(=O)N4CCN(Cc5ccc(C(F)(F)F)cc5)CC4)cn3)CC2)cc1.O=C(N[C@H]1CCN(Cc2ccc(F)cc2)C1)c1ccc(C(=O)N2CCN(c3ccc(Cl)cc3)CC2)cn1. The summed E-state index contributed by atoms with van der Waals surface area (Å²) in [5, 5.41) is 15.8. The largest absolute Gasteiger partial charge is 0.416 e. The second-order valence-electron chi connectivity index (χ2n) is 20.5. The first-order chi connectivity index (χ1) is 38.6. The van der Waals surface area contributed by atoms with Crippen LogP contribution in [0.2, 0.25) is 5.02 Å². The number of amides is 4. The quantitative estimate of drug-likeness (QED) is 0.107. The van der Waals surface area contributed by atoms with Gasteiger partial charge in [0.2, 0.25) is 0 Å². The maximum atomic E-state index is 13.1. The van der Waals surface area contributed by atoms with Gasteiger partial charge in [0, 0.05) is 133 Å². The van der Waals surface area contributed by atoms with E-state index in [1.807, 2.05) is 53.4 Å². The number of halogens is 5. The van der Waals surface area contributed by atoms with Gasteiger partial charge in [0.1, 0.15) is 17.2 Å². The zero-order valence-electron chi connectivity index (χ0n) is 44.1. The third kappa shape index (κ3) is 15.5. The molecule has 4 saturated heterocycles. The molecule has 2 aromatic heterocycles. The fourth-order valence-electron chi connectivity index (χ4n) is 10.3. The average Bonchev–Trinajstić information content (AvgIpc) is 3.92. The zero-order valence-corrected chi connectivity index (χ0v) is 44.9. The second-order valence-corrected chi connectivity index (χ2v) is 21.0. The number of likely N-dealkylation sites (tertiary alicyclic amines) is 2. The molecule has 1 atom stereocenters. The molecule has 2 N–H and O–H groups in total. The lowest BCUT2D eigenvalue weighted by atomic mass is 10.0. The van der Waals surface area contributed by atoms with Crippen LogP contribution in [-0.2, 0) is 25.8 Å². The molecule has 0 unspecified atom stereocenters. The van der Waals surface area contributed by atoms with Gasteiger partial charge in [-0.2, -0.15) is 18.4 Å². The van der Waals surface area contributed by atoms with E-state index in [1.165, 1.54) is 36.7 Å². The molecule has 4 aliphatic rings. The normalized spacial score (nSPS) is 17.5. The number of hydrogen-bond donors (Lipinski definition) is 2. The lowest BCUT2D eigenvalue weighted by Crippen LogP contribution is -2.48. The summed E-state index contributed by atoms with van der Waals surface area (Å²) in [4.78, 5) is 72.5. The van der Waals surface area contributed by atoms with Crippen LogP contribution in [0.5, 0.6) is 0 Å². The van der Waals surface area contributed by atoms with E-state index >= 15 is 0 Å². The van der Waals surface area contributed by atoms with E-state index < -0.39 is 11.7 Å². The van der Waals surface area contributed by atoms with E-state index in [9.17, 15) is 36.7 Å². The molecular weight excluding hydrogens is 1050 g/mol. The summed E-state index contributed by atoms with van der Waals surface area (Å²) < 4.78 is 51.5. The van der Waals surface area contributed by atoms with E-state index in [2.05, 4.69) is 46.3 Å². The molecule has 6 heterocycles. The van der Waals surface area contributed by atoms with Gasteiger partial charge in [-0.1, -0.05) is 48.0 Å². The summed E-state index contributed by atoms with van der Waals surface area (Å²) in [6.45, 7) is 10.2. The fraction of sp³-hybridized carbons (Fsp3) is 0.350. The smallest absolute Gasteiger partial charge is 0.368 e. The van der Waals surface area contributed by atoms with Gasteiger partial charge in [-0.15, -0.1) is 0 Å². The summed E-state index contributed by atoms with van der Waals surface area (Å²) in [5.74, 6) is -0.997. The lowest BCUT2D eigenvalue weighted by Gasteiger charge is -2.36. The first-order valence-corrected chi connectivity index (χ1v) is 27.2. The minimum absolute atomic E-state index is 0.0213. The van der Waals surface area contributed by atoms with Crippen LogP contribution >= 0.6 is 11.6 Å². The molecule has 0 bridgehead atoms. The first kappa shape index (κ1) is 56.9. The van der Waals surface area contributed by atoms with Crippen LogP contribution in [0.15, 0.2) is 134 Å². The fourth-order valence-corrected chi connectivity index (χ4v) is 10.4. The van der Waals surface area contributed by atoms with Crippen LogP contribution in [0.1, 0.15) is 88.8 Å². The number of alkyl halides is 3. The maximum absolute atomic E-state index is 13.1. The highest BCUT2D eigenvalue weighted by atomic mass is 35.5. The molecule has 0 aliphatic carbocycles. The summed E-state index contributed by atoms with van der Waals surface area (Å²) >= 11 is 5.98. The van der Waals surface area contributed by atoms with E-state index in [1.54, 1.807) is 41.3 Å². The molecule has 80 heavy (non-hydrogen) atoms. The number of carbonyl (C=O) groups excluding carboxylic acids is 4. The van der Waals surface area contributed by atoms with Gasteiger partial charge in [-0.05, 0) is 121 Å². The number of anilines is 1. The Balaban J connectivity index is 0.000000196. The maximum Gasteiger partial charge on any atom is 0.416 e. The predicted octanol–water partition coefficient (Wildman–Crippen LogP) is 8.17. The summed E-state index contributed by atoms with van der Waals surface area (Å²) in [6, 6.07) is 35.7. The minimum Gasteiger partial charge on any atom is -0.368 e. The summed E-state index contributed by atoms with van der Waals surface area (Å²) in [7, 11) is 0. The highest BCUT2D eigenvalue weighted by molar-refractivity contribution is 6.30. The first-order valence-electron chi connectivity index (χ1n) is 26.8. The number of hydrogen-bond acceptors (Lipinski definition) is 11. The van der Waals surface area contributed by atoms with E-state index in [-0.39, 0.29) is 47.2 Å². The Labute approximate surface area is 467 Å². The van der Waals surface area contributed by atoms with Gasteiger partial charge >= 0.3 is 6.18 Å². The molecule has 4 amide bonds. The molecule has 0 saturated carbocycles. The van der Waals surface area contributed by atoms with Gasteiger partial charge in [-0.25, -0.2) is 4.39 Å². The van der Waals surface area contributed by atoms with Crippen LogP contribution in [0, 0.1) is 17.1 Å². The highest BCUT2D eigenvalue weighted by Crippen LogP contribution is 2.29. The summed E-state index contributed by atoms with van der Waals surface area (Å²) in [6.07, 6.45) is 1.05. The second kappa shape index (κ2) is 26.5. The molecule has 4 aromatic carbocycles. The molecule has 416 valence electrons. The van der Waals surface area contributed by atoms with Crippen molar-refractivity contribution in [2.45, 2.75) is 57.2 Å². The molecule has 20 heteroatoms. The predicted molar refractivity (Wildman–Crippen MR) is 295 cm³/mol. The number of rotatable bonds is 13. The Morgan fingerprint density at radius 3 is 1.50 bits per heavy atom. The van der Waals surface area contributed by atoms with Crippen LogP contribution in [-0.4, -0.2) is 149 Å². The van der Waals surface area contributed by atoms with Crippen LogP contribution in [0.25, 0.3) is 0 Å². The minimum atomic E-state index is -4.35. The molecule has 0 spiro atoms. The third-order valence-electron chi connectivity index (χ3n) is 14.9. The summed E-state index contributed by atoms with van der Waals surface area (Å²) in [5.41, 5.74) is 5.50. The Morgan fingerprint density at radius 2 is 1.00 bits per heavy atom. The molecule has 6 aromatic rings. The Kier molecular flexibility index (Phi) is 18.8. The van der Waals surface area contributed by atoms with Gasteiger partial charge in [0.15, 0.2) is 0 Å². The molecule has 0 radical (unpaired) electrons. The number of nitrogens with zero attached hydrogens (tertiary/aromatic N) is 9. The molecule has 4 fully saturated rings. The van der Waals surface area contributed by atoms with Crippen molar-refractivity contribution in [1.82, 2.24) is 45.1 Å². The van der Waals surface area contributed by atoms with E-state index in [4.69, 9.17) is 16.9 Å². The number of nitrogens with one attached hydrogen (secondary N) is 2. The molecule has 4 aliphatic heterocycles. The van der Waals surface area contributed by atoms with Crippen LogP contribution < -0.4 is 15.5 Å². The van der Waals surface area contributed by atoms with Gasteiger partial charge < -0.3 is 25.3 Å². The van der Waals surface area contributed by atoms with Gasteiger partial charge in [-0.3, -0.25) is 43.8 Å². The van der Waals surface area contributed by atoms with Crippen molar-refractivity contribution >= 4 is 40.9 Å². The van der Waals surface area contributed by atoms with Crippen molar-refractivity contribution in [2.75, 3.05) is 83.4 Å². The Morgan fingerprint density at radius 1 is 0.550 bits per heavy atom. The monoisotopic (exact) mass is 1110 g/mol. The van der Waals surface area contributed by atoms with Gasteiger partial charge in [0.25, 0.3) is 23.6 Å². The molecule has 10 rings (SSSR count). The van der Waals surface area contributed by atoms with Crippen molar-refractivity contribution in [3.63, 3.8) is 0 Å². The van der Waals surface area contributed by atoms with Crippen molar-refractivity contribution in [2.24, 2.45) is 0 Å². The molecular formula is C60H62ClF4N11O4. The number of piperazine rings is 2. The van der Waals surface area contributed by atoms with Crippen LogP contribution in [0.3, 0.4) is 0 Å². The number of pyridine rings is 2. The number of aromatic nitrogens is 2. The lowest BCUT2D eigenvalue weighted by molar-refractivity contribution is -0.137. The highest BCUT2D eigenvalue weighted by Gasteiger charge is 2.31. The molecule has 15 nitrogen and oxygen atoms in total. The number of nitriles is 1. The topological polar surface area (TPSA) is 161 Å². The number of benzene rings is 4. The van der Waals surface area contributed by atoms with Gasteiger partial charge in [0.05, 0.1) is 28.3 Å². The third-order valence-corrected chi connectivity index (χ3v) is 15.2. The van der Waals surface area contributed by atoms with Crippen molar-refractivity contribution in [3.05, 3.63) is 195 Å². The van der Waals surface area contributed by atoms with E-state index in [0.717, 1.165) is 106 Å². The van der Waals surface area contributed by atoms with Crippen molar-refractivity contribution in [3.8, 4) is 6.07 Å². The average molecular weight is 1110 g/mol. The number of piperidine rings is 1. The van der Waals surface area contributed by atoms with E-state index in [0.29, 0.717) is 73.2 Å².